The predicted octanol–water partition coefficient (Wildman–Crippen LogP) is 1.96. The molecule has 0 radical (unpaired) electrons. The zero-order valence-corrected chi connectivity index (χ0v) is 8.90. The van der Waals surface area contributed by atoms with Crippen LogP contribution >= 0.6 is 11.3 Å². The maximum Gasteiger partial charge on any atom is 0.348 e. The number of hydrogen-bond donors (Lipinski definition) is 2. The molecule has 0 amide bonds. The molecule has 1 rings (SSSR count). The third-order valence-electron chi connectivity index (χ3n) is 1.65. The maximum atomic E-state index is 11.2. The highest BCUT2D eigenvalue weighted by molar-refractivity contribution is 7.16. The molecule has 2 N–H and O–H groups in total. The van der Waals surface area contributed by atoms with Crippen LogP contribution in [-0.4, -0.2) is 25.8 Å². The smallest absolute Gasteiger partial charge is 0.348 e. The van der Waals surface area contributed by atoms with Crippen molar-refractivity contribution in [2.75, 3.05) is 19.0 Å². The summed E-state index contributed by atoms with van der Waals surface area (Å²) in [6.45, 7) is 2.72. The van der Waals surface area contributed by atoms with Crippen molar-refractivity contribution in [3.8, 4) is 0 Å². The molecule has 0 aliphatic heterocycles. The molecule has 0 atom stereocenters. The summed E-state index contributed by atoms with van der Waals surface area (Å²) in [5, 5.41) is 10.2. The van der Waals surface area contributed by atoms with Crippen LogP contribution in [0.2, 0.25) is 0 Å². The standard InChI is InChI=1S/C9H12N2O2S/c1-3-11-6-4-7(9(12)13-2)14-8(6)5-10/h4-5,10-11H,3H2,1-2H3. The van der Waals surface area contributed by atoms with Crippen molar-refractivity contribution in [1.29, 1.82) is 5.41 Å². The molecule has 0 spiro atoms. The Labute approximate surface area is 86.4 Å². The van der Waals surface area contributed by atoms with Gasteiger partial charge in [0.1, 0.15) is 4.88 Å². The summed E-state index contributed by atoms with van der Waals surface area (Å²) < 4.78 is 4.60. The predicted molar refractivity (Wildman–Crippen MR) is 57.7 cm³/mol. The van der Waals surface area contributed by atoms with Crippen LogP contribution in [-0.2, 0) is 4.74 Å². The van der Waals surface area contributed by atoms with Crippen molar-refractivity contribution in [3.05, 3.63) is 15.8 Å². The van der Waals surface area contributed by atoms with Gasteiger partial charge in [0.05, 0.1) is 17.7 Å². The third-order valence-corrected chi connectivity index (χ3v) is 2.71. The van der Waals surface area contributed by atoms with Gasteiger partial charge in [0.2, 0.25) is 0 Å². The van der Waals surface area contributed by atoms with E-state index in [4.69, 9.17) is 5.41 Å². The van der Waals surface area contributed by atoms with E-state index in [1.54, 1.807) is 6.07 Å². The molecule has 4 nitrogen and oxygen atoms in total. The summed E-state index contributed by atoms with van der Waals surface area (Å²) >= 11 is 1.25. The van der Waals surface area contributed by atoms with Crippen LogP contribution in [0.15, 0.2) is 6.07 Å². The van der Waals surface area contributed by atoms with Crippen molar-refractivity contribution in [2.24, 2.45) is 0 Å². The number of carbonyl (C=O) groups excluding carboxylic acids is 1. The summed E-state index contributed by atoms with van der Waals surface area (Å²) in [4.78, 5) is 12.4. The number of thiophene rings is 1. The second-order valence-electron chi connectivity index (χ2n) is 2.55. The summed E-state index contributed by atoms with van der Waals surface area (Å²) in [5.74, 6) is -0.359. The summed E-state index contributed by atoms with van der Waals surface area (Å²) in [6, 6.07) is 1.71. The molecule has 0 unspecified atom stereocenters. The number of hydrogen-bond acceptors (Lipinski definition) is 5. The number of carbonyl (C=O) groups is 1. The minimum Gasteiger partial charge on any atom is -0.465 e. The SMILES string of the molecule is CCNc1cc(C(=O)OC)sc1C=N. The number of nitrogens with one attached hydrogen (secondary N) is 2. The Morgan fingerprint density at radius 1 is 1.79 bits per heavy atom. The third kappa shape index (κ3) is 2.11. The summed E-state index contributed by atoms with van der Waals surface area (Å²) in [5.41, 5.74) is 0.813. The van der Waals surface area contributed by atoms with Gasteiger partial charge in [-0.1, -0.05) is 0 Å². The Kier molecular flexibility index (Phi) is 3.64. The fourth-order valence-corrected chi connectivity index (χ4v) is 1.92. The van der Waals surface area contributed by atoms with E-state index in [9.17, 15) is 4.79 Å². The van der Waals surface area contributed by atoms with Gasteiger partial charge in [-0.05, 0) is 13.0 Å². The van der Waals surface area contributed by atoms with Crippen LogP contribution in [0.4, 0.5) is 5.69 Å². The number of anilines is 1. The van der Waals surface area contributed by atoms with Gasteiger partial charge in [0.25, 0.3) is 0 Å². The normalized spacial score (nSPS) is 9.57. The van der Waals surface area contributed by atoms with Gasteiger partial charge in [-0.25, -0.2) is 4.79 Å². The minimum absolute atomic E-state index is 0.359. The lowest BCUT2D eigenvalue weighted by atomic mass is 10.3. The zero-order valence-electron chi connectivity index (χ0n) is 8.09. The van der Waals surface area contributed by atoms with E-state index in [2.05, 4.69) is 10.1 Å². The molecule has 0 aliphatic rings. The Bertz CT molecular complexity index is 347. The molecule has 0 bridgehead atoms. The topological polar surface area (TPSA) is 62.2 Å². The Balaban J connectivity index is 2.99. The second-order valence-corrected chi connectivity index (χ2v) is 3.64. The molecule has 0 aromatic carbocycles. The van der Waals surface area contributed by atoms with Gasteiger partial charge in [0, 0.05) is 12.8 Å². The average molecular weight is 212 g/mol. The largest absolute Gasteiger partial charge is 0.465 e. The van der Waals surface area contributed by atoms with Gasteiger partial charge in [0.15, 0.2) is 0 Å². The van der Waals surface area contributed by atoms with E-state index >= 15 is 0 Å². The van der Waals surface area contributed by atoms with E-state index in [1.807, 2.05) is 6.92 Å². The number of ether oxygens (including phenoxy) is 1. The van der Waals surface area contributed by atoms with Gasteiger partial charge < -0.3 is 15.5 Å². The van der Waals surface area contributed by atoms with Crippen molar-refractivity contribution >= 4 is 29.2 Å². The molecule has 76 valence electrons. The van der Waals surface area contributed by atoms with Crippen LogP contribution in [0, 0.1) is 5.41 Å². The van der Waals surface area contributed by atoms with Crippen molar-refractivity contribution in [1.82, 2.24) is 0 Å². The summed E-state index contributed by atoms with van der Waals surface area (Å²) in [6.07, 6.45) is 1.23. The van der Waals surface area contributed by atoms with Crippen molar-refractivity contribution in [3.63, 3.8) is 0 Å². The molecule has 0 fully saturated rings. The first-order valence-corrected chi connectivity index (χ1v) is 5.01. The number of methoxy groups -OCH3 is 1. The number of rotatable bonds is 4. The molecule has 14 heavy (non-hydrogen) atoms. The van der Waals surface area contributed by atoms with E-state index in [0.717, 1.165) is 17.1 Å². The van der Waals surface area contributed by atoms with Crippen molar-refractivity contribution < 1.29 is 9.53 Å². The van der Waals surface area contributed by atoms with E-state index in [0.29, 0.717) is 4.88 Å². The Morgan fingerprint density at radius 2 is 2.50 bits per heavy atom. The van der Waals surface area contributed by atoms with Gasteiger partial charge in [-0.3, -0.25) is 0 Å². The molecule has 1 heterocycles. The van der Waals surface area contributed by atoms with E-state index in [-0.39, 0.29) is 5.97 Å². The first-order chi connectivity index (χ1) is 6.72. The zero-order chi connectivity index (χ0) is 10.6. The molecular formula is C9H12N2O2S. The highest BCUT2D eigenvalue weighted by atomic mass is 32.1. The first-order valence-electron chi connectivity index (χ1n) is 4.19. The minimum atomic E-state index is -0.359. The second kappa shape index (κ2) is 4.76. The van der Waals surface area contributed by atoms with Gasteiger partial charge >= 0.3 is 5.97 Å². The summed E-state index contributed by atoms with van der Waals surface area (Å²) in [7, 11) is 1.35. The quantitative estimate of drug-likeness (QED) is 0.592. The van der Waals surface area contributed by atoms with Gasteiger partial charge in [-0.2, -0.15) is 0 Å². The lowest BCUT2D eigenvalue weighted by Gasteiger charge is -1.98. The van der Waals surface area contributed by atoms with Crippen molar-refractivity contribution in [2.45, 2.75) is 6.92 Å². The highest BCUT2D eigenvalue weighted by Gasteiger charge is 2.12. The van der Waals surface area contributed by atoms with Crippen LogP contribution < -0.4 is 5.32 Å². The fourth-order valence-electron chi connectivity index (χ4n) is 1.04. The monoisotopic (exact) mass is 212 g/mol. The molecule has 1 aromatic rings. The highest BCUT2D eigenvalue weighted by Crippen LogP contribution is 2.25. The molecule has 5 heteroatoms. The Hall–Kier alpha value is -1.36. The van der Waals surface area contributed by atoms with Crippen LogP contribution in [0.25, 0.3) is 0 Å². The van der Waals surface area contributed by atoms with Crippen LogP contribution in [0.1, 0.15) is 21.5 Å². The molecule has 0 aliphatic carbocycles. The van der Waals surface area contributed by atoms with E-state index in [1.165, 1.54) is 24.7 Å². The molecule has 0 saturated carbocycles. The van der Waals surface area contributed by atoms with Crippen LogP contribution in [0.3, 0.4) is 0 Å². The average Bonchev–Trinajstić information content (AvgIpc) is 2.60. The lowest BCUT2D eigenvalue weighted by molar-refractivity contribution is 0.0606. The Morgan fingerprint density at radius 3 is 3.00 bits per heavy atom. The van der Waals surface area contributed by atoms with Crippen LogP contribution in [0.5, 0.6) is 0 Å². The lowest BCUT2D eigenvalue weighted by Crippen LogP contribution is -1.98. The maximum absolute atomic E-state index is 11.2. The molecule has 1 aromatic heterocycles. The first kappa shape index (κ1) is 10.7. The fraction of sp³-hybridized carbons (Fsp3) is 0.333. The molecular weight excluding hydrogens is 200 g/mol. The van der Waals surface area contributed by atoms with Gasteiger partial charge in [-0.15, -0.1) is 11.3 Å². The van der Waals surface area contributed by atoms with E-state index < -0.39 is 0 Å². The number of esters is 1. The molecule has 0 saturated heterocycles.